The molecular formula is C19H17N3O3. The summed E-state index contributed by atoms with van der Waals surface area (Å²) in [6.45, 7) is 1.37. The Morgan fingerprint density at radius 1 is 1.08 bits per heavy atom. The molecule has 1 amide bonds. The predicted octanol–water partition coefficient (Wildman–Crippen LogP) is 2.59. The molecule has 0 radical (unpaired) electrons. The molecule has 0 unspecified atom stereocenters. The van der Waals surface area contributed by atoms with Gasteiger partial charge in [-0.25, -0.2) is 0 Å². The van der Waals surface area contributed by atoms with Gasteiger partial charge in [-0.3, -0.25) is 9.48 Å². The van der Waals surface area contributed by atoms with Crippen LogP contribution in [-0.4, -0.2) is 22.5 Å². The van der Waals surface area contributed by atoms with Crippen molar-refractivity contribution in [2.24, 2.45) is 0 Å². The number of hydrogen-bond donors (Lipinski definition) is 1. The van der Waals surface area contributed by atoms with Crippen molar-refractivity contribution in [1.82, 2.24) is 15.1 Å². The number of ether oxygens (including phenoxy) is 2. The van der Waals surface area contributed by atoms with Gasteiger partial charge in [0, 0.05) is 24.5 Å². The van der Waals surface area contributed by atoms with Crippen LogP contribution in [0.25, 0.3) is 0 Å². The van der Waals surface area contributed by atoms with Crippen molar-refractivity contribution in [3.63, 3.8) is 0 Å². The summed E-state index contributed by atoms with van der Waals surface area (Å²) in [5.74, 6) is 1.35. The van der Waals surface area contributed by atoms with Gasteiger partial charge in [-0.05, 0) is 41.5 Å². The quantitative estimate of drug-likeness (QED) is 0.778. The van der Waals surface area contributed by atoms with Crippen molar-refractivity contribution in [1.29, 1.82) is 0 Å². The lowest BCUT2D eigenvalue weighted by Crippen LogP contribution is -2.22. The van der Waals surface area contributed by atoms with Gasteiger partial charge >= 0.3 is 0 Å². The van der Waals surface area contributed by atoms with Crippen LogP contribution >= 0.6 is 0 Å². The number of benzene rings is 2. The second kappa shape index (κ2) is 6.68. The molecule has 1 aromatic heterocycles. The van der Waals surface area contributed by atoms with Gasteiger partial charge in [-0.1, -0.05) is 18.2 Å². The Labute approximate surface area is 145 Å². The van der Waals surface area contributed by atoms with Gasteiger partial charge < -0.3 is 14.8 Å². The van der Waals surface area contributed by atoms with Crippen LogP contribution < -0.4 is 14.8 Å². The fourth-order valence-electron chi connectivity index (χ4n) is 2.68. The van der Waals surface area contributed by atoms with Gasteiger partial charge in [0.25, 0.3) is 5.91 Å². The zero-order valence-corrected chi connectivity index (χ0v) is 13.5. The maximum absolute atomic E-state index is 12.3. The topological polar surface area (TPSA) is 65.4 Å². The van der Waals surface area contributed by atoms with E-state index in [1.54, 1.807) is 6.20 Å². The van der Waals surface area contributed by atoms with Crippen LogP contribution in [0.5, 0.6) is 11.5 Å². The Kier molecular flexibility index (Phi) is 4.08. The molecule has 1 aliphatic heterocycles. The molecule has 0 bridgehead atoms. The van der Waals surface area contributed by atoms with Crippen LogP contribution in [0.4, 0.5) is 0 Å². The summed E-state index contributed by atoms with van der Waals surface area (Å²) in [6, 6.07) is 15.1. The number of rotatable bonds is 5. The van der Waals surface area contributed by atoms with Crippen LogP contribution in [0.3, 0.4) is 0 Å². The first-order valence-corrected chi connectivity index (χ1v) is 8.01. The average molecular weight is 335 g/mol. The molecule has 1 N–H and O–H groups in total. The molecule has 4 rings (SSSR count). The molecule has 126 valence electrons. The van der Waals surface area contributed by atoms with Gasteiger partial charge in [0.15, 0.2) is 11.5 Å². The maximum atomic E-state index is 12.3. The molecule has 25 heavy (non-hydrogen) atoms. The molecular weight excluding hydrogens is 318 g/mol. The van der Waals surface area contributed by atoms with E-state index < -0.39 is 0 Å². The molecule has 0 spiro atoms. The third-order valence-corrected chi connectivity index (χ3v) is 4.01. The lowest BCUT2D eigenvalue weighted by Gasteiger charge is -2.07. The van der Waals surface area contributed by atoms with Crippen LogP contribution in [0.15, 0.2) is 60.9 Å². The Morgan fingerprint density at radius 2 is 1.88 bits per heavy atom. The second-order valence-corrected chi connectivity index (χ2v) is 5.77. The van der Waals surface area contributed by atoms with Gasteiger partial charge in [-0.15, -0.1) is 0 Å². The first-order chi connectivity index (χ1) is 12.3. The molecule has 1 aliphatic rings. The first-order valence-electron chi connectivity index (χ1n) is 8.01. The van der Waals surface area contributed by atoms with E-state index in [1.165, 1.54) is 0 Å². The summed E-state index contributed by atoms with van der Waals surface area (Å²) < 4.78 is 12.5. The Morgan fingerprint density at radius 3 is 2.68 bits per heavy atom. The van der Waals surface area contributed by atoms with Crippen molar-refractivity contribution in [3.8, 4) is 11.5 Å². The largest absolute Gasteiger partial charge is 0.454 e. The number of nitrogens with zero attached hydrogens (tertiary/aromatic N) is 2. The minimum Gasteiger partial charge on any atom is -0.454 e. The van der Waals surface area contributed by atoms with Crippen LogP contribution in [0.1, 0.15) is 21.5 Å². The number of nitrogens with one attached hydrogen (secondary N) is 1. The third-order valence-electron chi connectivity index (χ3n) is 4.01. The highest BCUT2D eigenvalue weighted by Gasteiger charge is 2.13. The van der Waals surface area contributed by atoms with Crippen molar-refractivity contribution in [3.05, 3.63) is 77.6 Å². The summed E-state index contributed by atoms with van der Waals surface area (Å²) in [6.07, 6.45) is 3.66. The predicted molar refractivity (Wildman–Crippen MR) is 91.5 cm³/mol. The SMILES string of the molecule is O=C(NCc1ccc2c(c1)OCO2)c1ccc(Cn2cccn2)cc1. The fourth-order valence-corrected chi connectivity index (χ4v) is 2.68. The highest BCUT2D eigenvalue weighted by atomic mass is 16.7. The van der Waals surface area contributed by atoms with Crippen molar-refractivity contribution in [2.45, 2.75) is 13.1 Å². The standard InChI is InChI=1S/C19H17N3O3/c23-19(20-11-15-4-7-17-18(10-15)25-13-24-17)16-5-2-14(3-6-16)12-22-9-1-8-21-22/h1-10H,11-13H2,(H,20,23). The molecule has 0 saturated heterocycles. The second-order valence-electron chi connectivity index (χ2n) is 5.77. The molecule has 0 aliphatic carbocycles. The van der Waals surface area contributed by atoms with E-state index in [1.807, 2.05) is 59.4 Å². The fraction of sp³-hybridized carbons (Fsp3) is 0.158. The molecule has 6 nitrogen and oxygen atoms in total. The maximum Gasteiger partial charge on any atom is 0.251 e. The summed E-state index contributed by atoms with van der Waals surface area (Å²) in [5.41, 5.74) is 2.69. The zero-order chi connectivity index (χ0) is 17.1. The summed E-state index contributed by atoms with van der Waals surface area (Å²) in [7, 11) is 0. The number of carbonyl (C=O) groups is 1. The van der Waals surface area contributed by atoms with E-state index in [-0.39, 0.29) is 12.7 Å². The summed E-state index contributed by atoms with van der Waals surface area (Å²) in [4.78, 5) is 12.3. The average Bonchev–Trinajstić information content (AvgIpc) is 3.31. The van der Waals surface area contributed by atoms with Gasteiger partial charge in [0.05, 0.1) is 6.54 Å². The highest BCUT2D eigenvalue weighted by molar-refractivity contribution is 5.94. The van der Waals surface area contributed by atoms with E-state index in [0.29, 0.717) is 18.7 Å². The van der Waals surface area contributed by atoms with Crippen molar-refractivity contribution >= 4 is 5.91 Å². The Bertz CT molecular complexity index is 873. The molecule has 6 heteroatoms. The van der Waals surface area contributed by atoms with E-state index in [0.717, 1.165) is 22.6 Å². The molecule has 0 saturated carbocycles. The van der Waals surface area contributed by atoms with E-state index in [9.17, 15) is 4.79 Å². The van der Waals surface area contributed by atoms with Crippen molar-refractivity contribution in [2.75, 3.05) is 6.79 Å². The molecule has 0 atom stereocenters. The number of amides is 1. The molecule has 2 heterocycles. The van der Waals surface area contributed by atoms with E-state index in [2.05, 4.69) is 10.4 Å². The number of fused-ring (bicyclic) bond motifs is 1. The number of hydrogen-bond acceptors (Lipinski definition) is 4. The van der Waals surface area contributed by atoms with E-state index >= 15 is 0 Å². The van der Waals surface area contributed by atoms with E-state index in [4.69, 9.17) is 9.47 Å². The van der Waals surface area contributed by atoms with Crippen molar-refractivity contribution < 1.29 is 14.3 Å². The normalized spacial score (nSPS) is 12.2. The van der Waals surface area contributed by atoms with Crippen LogP contribution in [-0.2, 0) is 13.1 Å². The minimum atomic E-state index is -0.108. The minimum absolute atomic E-state index is 0.108. The lowest BCUT2D eigenvalue weighted by atomic mass is 10.1. The molecule has 0 fully saturated rings. The highest BCUT2D eigenvalue weighted by Crippen LogP contribution is 2.32. The first kappa shape index (κ1) is 15.3. The summed E-state index contributed by atoms with van der Waals surface area (Å²) in [5, 5.41) is 7.09. The van der Waals surface area contributed by atoms with Gasteiger partial charge in [-0.2, -0.15) is 5.10 Å². The number of aromatic nitrogens is 2. The molecule has 2 aromatic carbocycles. The smallest absolute Gasteiger partial charge is 0.251 e. The zero-order valence-electron chi connectivity index (χ0n) is 13.5. The third kappa shape index (κ3) is 3.47. The van der Waals surface area contributed by atoms with Gasteiger partial charge in [0.1, 0.15) is 0 Å². The lowest BCUT2D eigenvalue weighted by molar-refractivity contribution is 0.0951. The monoisotopic (exact) mass is 335 g/mol. The molecule has 3 aromatic rings. The summed E-state index contributed by atoms with van der Waals surface area (Å²) >= 11 is 0. The Hall–Kier alpha value is -3.28. The van der Waals surface area contributed by atoms with Crippen LogP contribution in [0.2, 0.25) is 0 Å². The Balaban J connectivity index is 1.36. The number of carbonyl (C=O) groups excluding carboxylic acids is 1. The van der Waals surface area contributed by atoms with Crippen LogP contribution in [0, 0.1) is 0 Å². The van der Waals surface area contributed by atoms with Gasteiger partial charge in [0.2, 0.25) is 6.79 Å².